The zero-order valence-electron chi connectivity index (χ0n) is 9.55. The van der Waals surface area contributed by atoms with Crippen molar-refractivity contribution in [2.45, 2.75) is 0 Å². The molecule has 1 heterocycles. The van der Waals surface area contributed by atoms with Crippen molar-refractivity contribution in [3.63, 3.8) is 0 Å². The standard InChI is InChI=1S/C10H13FN2O3S/c1-12(17(14,15)13-5-6-13)9-7-8(11)3-4-10(9)16-2/h3-4,7H,5-6H2,1-2H3. The number of benzene rings is 1. The maximum absolute atomic E-state index is 13.2. The molecule has 0 unspecified atom stereocenters. The lowest BCUT2D eigenvalue weighted by molar-refractivity contribution is 0.414. The van der Waals surface area contributed by atoms with E-state index in [1.54, 1.807) is 0 Å². The molecule has 0 amide bonds. The minimum Gasteiger partial charge on any atom is -0.495 e. The molecule has 7 heteroatoms. The van der Waals surface area contributed by atoms with Gasteiger partial charge in [-0.25, -0.2) is 4.39 Å². The molecule has 17 heavy (non-hydrogen) atoms. The normalized spacial score (nSPS) is 15.7. The van der Waals surface area contributed by atoms with Gasteiger partial charge in [-0.3, -0.25) is 4.31 Å². The van der Waals surface area contributed by atoms with Gasteiger partial charge in [0, 0.05) is 26.2 Å². The largest absolute Gasteiger partial charge is 0.495 e. The van der Waals surface area contributed by atoms with E-state index in [-0.39, 0.29) is 5.69 Å². The van der Waals surface area contributed by atoms with Crippen molar-refractivity contribution >= 4 is 15.9 Å². The first kappa shape index (κ1) is 12.1. The summed E-state index contributed by atoms with van der Waals surface area (Å²) in [4.78, 5) is 0. The van der Waals surface area contributed by atoms with Crippen LogP contribution in [-0.4, -0.2) is 40.0 Å². The summed E-state index contributed by atoms with van der Waals surface area (Å²) in [6, 6.07) is 3.76. The van der Waals surface area contributed by atoms with Gasteiger partial charge in [-0.2, -0.15) is 12.7 Å². The summed E-state index contributed by atoms with van der Waals surface area (Å²) in [5, 5.41) is 0. The van der Waals surface area contributed by atoms with Gasteiger partial charge in [-0.1, -0.05) is 0 Å². The Morgan fingerprint density at radius 3 is 2.59 bits per heavy atom. The zero-order valence-corrected chi connectivity index (χ0v) is 10.4. The fraction of sp³-hybridized carbons (Fsp3) is 0.400. The molecule has 0 radical (unpaired) electrons. The fourth-order valence-corrected chi connectivity index (χ4v) is 2.76. The van der Waals surface area contributed by atoms with Crippen molar-refractivity contribution in [3.05, 3.63) is 24.0 Å². The highest BCUT2D eigenvalue weighted by Gasteiger charge is 2.36. The Morgan fingerprint density at radius 1 is 1.41 bits per heavy atom. The smallest absolute Gasteiger partial charge is 0.304 e. The molecule has 0 aromatic heterocycles. The van der Waals surface area contributed by atoms with E-state index in [9.17, 15) is 12.8 Å². The molecule has 1 aromatic rings. The monoisotopic (exact) mass is 260 g/mol. The first-order chi connectivity index (χ1) is 7.96. The van der Waals surface area contributed by atoms with Gasteiger partial charge < -0.3 is 4.74 Å². The van der Waals surface area contributed by atoms with Crippen molar-refractivity contribution in [1.82, 2.24) is 4.31 Å². The second-order valence-electron chi connectivity index (χ2n) is 3.69. The van der Waals surface area contributed by atoms with Gasteiger partial charge in [-0.05, 0) is 12.1 Å². The van der Waals surface area contributed by atoms with Crippen LogP contribution in [0.1, 0.15) is 0 Å². The van der Waals surface area contributed by atoms with Crippen LogP contribution in [0.5, 0.6) is 5.75 Å². The topological polar surface area (TPSA) is 49.6 Å². The van der Waals surface area contributed by atoms with Crippen molar-refractivity contribution < 1.29 is 17.5 Å². The third-order valence-electron chi connectivity index (χ3n) is 2.56. The molecule has 0 atom stereocenters. The van der Waals surface area contributed by atoms with Gasteiger partial charge >= 0.3 is 10.2 Å². The fourth-order valence-electron chi connectivity index (χ4n) is 1.48. The summed E-state index contributed by atoms with van der Waals surface area (Å²) in [6.07, 6.45) is 0. The van der Waals surface area contributed by atoms with E-state index < -0.39 is 16.0 Å². The molecular formula is C10H13FN2O3S. The van der Waals surface area contributed by atoms with Crippen molar-refractivity contribution in [2.24, 2.45) is 0 Å². The van der Waals surface area contributed by atoms with E-state index in [4.69, 9.17) is 4.74 Å². The molecule has 0 saturated carbocycles. The SMILES string of the molecule is COc1ccc(F)cc1N(C)S(=O)(=O)N1CC1. The molecule has 94 valence electrons. The van der Waals surface area contributed by atoms with E-state index >= 15 is 0 Å². The maximum atomic E-state index is 13.2. The number of methoxy groups -OCH3 is 1. The van der Waals surface area contributed by atoms with Crippen molar-refractivity contribution in [2.75, 3.05) is 31.6 Å². The highest BCUT2D eigenvalue weighted by Crippen LogP contribution is 2.31. The Hall–Kier alpha value is -1.34. The van der Waals surface area contributed by atoms with Gasteiger partial charge in [0.25, 0.3) is 0 Å². The minimum atomic E-state index is -3.55. The van der Waals surface area contributed by atoms with Crippen LogP contribution in [0.15, 0.2) is 18.2 Å². The number of halogens is 1. The van der Waals surface area contributed by atoms with Gasteiger partial charge in [0.1, 0.15) is 11.6 Å². The molecule has 1 saturated heterocycles. The zero-order chi connectivity index (χ0) is 12.6. The lowest BCUT2D eigenvalue weighted by Gasteiger charge is -2.21. The average Bonchev–Trinajstić information content (AvgIpc) is 3.12. The van der Waals surface area contributed by atoms with Crippen LogP contribution < -0.4 is 9.04 Å². The number of nitrogens with zero attached hydrogens (tertiary/aromatic N) is 2. The van der Waals surface area contributed by atoms with Gasteiger partial charge in [0.15, 0.2) is 0 Å². The number of ether oxygens (including phenoxy) is 1. The number of anilines is 1. The molecule has 5 nitrogen and oxygen atoms in total. The molecule has 0 aliphatic carbocycles. The van der Waals surface area contributed by atoms with Gasteiger partial charge in [0.2, 0.25) is 0 Å². The van der Waals surface area contributed by atoms with Crippen LogP contribution in [0.3, 0.4) is 0 Å². The van der Waals surface area contributed by atoms with Crippen LogP contribution in [0.25, 0.3) is 0 Å². The second kappa shape index (κ2) is 4.15. The van der Waals surface area contributed by atoms with E-state index in [0.29, 0.717) is 18.8 Å². The van der Waals surface area contributed by atoms with E-state index in [1.807, 2.05) is 0 Å². The second-order valence-corrected chi connectivity index (χ2v) is 5.65. The molecule has 1 aromatic carbocycles. The Bertz CT molecular complexity index is 528. The molecule has 0 spiro atoms. The maximum Gasteiger partial charge on any atom is 0.304 e. The van der Waals surface area contributed by atoms with Crippen molar-refractivity contribution in [3.8, 4) is 5.75 Å². The molecule has 1 fully saturated rings. The summed E-state index contributed by atoms with van der Waals surface area (Å²) in [7, 11) is -0.757. The molecular weight excluding hydrogens is 247 g/mol. The minimum absolute atomic E-state index is 0.194. The Morgan fingerprint density at radius 2 is 2.06 bits per heavy atom. The van der Waals surface area contributed by atoms with Crippen LogP contribution >= 0.6 is 0 Å². The first-order valence-electron chi connectivity index (χ1n) is 5.04. The molecule has 1 aliphatic heterocycles. The van der Waals surface area contributed by atoms with Crippen molar-refractivity contribution in [1.29, 1.82) is 0 Å². The average molecular weight is 260 g/mol. The van der Waals surface area contributed by atoms with Crippen LogP contribution in [0.2, 0.25) is 0 Å². The molecule has 1 aliphatic rings. The quantitative estimate of drug-likeness (QED) is 0.753. The third kappa shape index (κ3) is 2.20. The predicted molar refractivity (Wildman–Crippen MR) is 61.8 cm³/mol. The summed E-state index contributed by atoms with van der Waals surface area (Å²) in [5.74, 6) is -0.187. The Kier molecular flexibility index (Phi) is 2.96. The van der Waals surface area contributed by atoms with E-state index in [1.165, 1.54) is 30.6 Å². The van der Waals surface area contributed by atoms with Gasteiger partial charge in [-0.15, -0.1) is 0 Å². The lowest BCUT2D eigenvalue weighted by Crippen LogP contribution is -2.32. The highest BCUT2D eigenvalue weighted by atomic mass is 32.2. The Labute approximate surface area is 99.6 Å². The lowest BCUT2D eigenvalue weighted by atomic mass is 10.3. The summed E-state index contributed by atoms with van der Waals surface area (Å²) in [6.45, 7) is 1.01. The predicted octanol–water partition coefficient (Wildman–Crippen LogP) is 0.831. The summed E-state index contributed by atoms with van der Waals surface area (Å²) < 4.78 is 44.4. The van der Waals surface area contributed by atoms with E-state index in [0.717, 1.165) is 10.4 Å². The third-order valence-corrected chi connectivity index (χ3v) is 4.47. The highest BCUT2D eigenvalue weighted by molar-refractivity contribution is 7.90. The summed E-state index contributed by atoms with van der Waals surface area (Å²) >= 11 is 0. The number of hydrogen-bond acceptors (Lipinski definition) is 3. The van der Waals surface area contributed by atoms with E-state index in [2.05, 4.69) is 0 Å². The molecule has 0 bridgehead atoms. The van der Waals surface area contributed by atoms with Crippen LogP contribution in [0, 0.1) is 5.82 Å². The van der Waals surface area contributed by atoms with Crippen LogP contribution in [0.4, 0.5) is 10.1 Å². The molecule has 0 N–H and O–H groups in total. The van der Waals surface area contributed by atoms with Crippen LogP contribution in [-0.2, 0) is 10.2 Å². The molecule has 2 rings (SSSR count). The first-order valence-corrected chi connectivity index (χ1v) is 6.44. The number of hydrogen-bond donors (Lipinski definition) is 0. The number of rotatable bonds is 4. The Balaban J connectivity index is 2.42. The summed E-state index contributed by atoms with van der Waals surface area (Å²) in [5.41, 5.74) is 0.194. The van der Waals surface area contributed by atoms with Gasteiger partial charge in [0.05, 0.1) is 12.8 Å².